The third kappa shape index (κ3) is 2.33. The quantitative estimate of drug-likeness (QED) is 0.818. The Hall–Kier alpha value is -1.39. The van der Waals surface area contributed by atoms with Crippen LogP contribution in [0.25, 0.3) is 0 Å². The Bertz CT molecular complexity index is 431. The largest absolute Gasteiger partial charge is 0.396 e. The standard InChI is InChI=1S/C13H17NO3/c1-14-11-5-4-9(12(16)3-2-6-15)7-10(11)8-13(14)17/h4-5,7,12,15-16H,2-3,6,8H2,1H3. The summed E-state index contributed by atoms with van der Waals surface area (Å²) in [5, 5.41) is 18.6. The third-order valence-electron chi connectivity index (χ3n) is 3.20. The van der Waals surface area contributed by atoms with E-state index in [1.54, 1.807) is 11.9 Å². The van der Waals surface area contributed by atoms with Crippen molar-refractivity contribution in [1.29, 1.82) is 0 Å². The summed E-state index contributed by atoms with van der Waals surface area (Å²) in [7, 11) is 1.76. The summed E-state index contributed by atoms with van der Waals surface area (Å²) in [6.07, 6.45) is 0.969. The average molecular weight is 235 g/mol. The van der Waals surface area contributed by atoms with Crippen molar-refractivity contribution in [2.24, 2.45) is 0 Å². The molecule has 1 atom stereocenters. The van der Waals surface area contributed by atoms with Gasteiger partial charge in [0.05, 0.1) is 12.5 Å². The molecule has 1 aliphatic rings. The molecule has 92 valence electrons. The lowest BCUT2D eigenvalue weighted by atomic mass is 10.0. The molecule has 0 saturated carbocycles. The fraction of sp³-hybridized carbons (Fsp3) is 0.462. The van der Waals surface area contributed by atoms with Crippen LogP contribution in [0.3, 0.4) is 0 Å². The van der Waals surface area contributed by atoms with E-state index in [9.17, 15) is 9.90 Å². The van der Waals surface area contributed by atoms with Gasteiger partial charge in [0.1, 0.15) is 0 Å². The van der Waals surface area contributed by atoms with Crippen LogP contribution in [0.4, 0.5) is 5.69 Å². The van der Waals surface area contributed by atoms with Gasteiger partial charge in [0.2, 0.25) is 5.91 Å². The minimum absolute atomic E-state index is 0.0852. The first kappa shape index (κ1) is 12.1. The zero-order chi connectivity index (χ0) is 12.4. The van der Waals surface area contributed by atoms with Gasteiger partial charge in [-0.15, -0.1) is 0 Å². The van der Waals surface area contributed by atoms with Crippen molar-refractivity contribution in [2.75, 3.05) is 18.6 Å². The number of likely N-dealkylation sites (N-methyl/N-ethyl adjacent to an activating group) is 1. The van der Waals surface area contributed by atoms with Crippen LogP contribution in [0.5, 0.6) is 0 Å². The summed E-state index contributed by atoms with van der Waals surface area (Å²) in [5.74, 6) is 0.0852. The van der Waals surface area contributed by atoms with Crippen LogP contribution < -0.4 is 4.90 Å². The van der Waals surface area contributed by atoms with E-state index in [2.05, 4.69) is 0 Å². The third-order valence-corrected chi connectivity index (χ3v) is 3.20. The summed E-state index contributed by atoms with van der Waals surface area (Å²) < 4.78 is 0. The average Bonchev–Trinajstić information content (AvgIpc) is 2.61. The Morgan fingerprint density at radius 3 is 2.94 bits per heavy atom. The highest BCUT2D eigenvalue weighted by Gasteiger charge is 2.24. The van der Waals surface area contributed by atoms with Gasteiger partial charge in [-0.1, -0.05) is 12.1 Å². The van der Waals surface area contributed by atoms with Crippen LogP contribution in [-0.4, -0.2) is 29.8 Å². The van der Waals surface area contributed by atoms with Crippen LogP contribution >= 0.6 is 0 Å². The summed E-state index contributed by atoms with van der Waals surface area (Å²) in [6.45, 7) is 0.0865. The lowest BCUT2D eigenvalue weighted by molar-refractivity contribution is -0.117. The highest BCUT2D eigenvalue weighted by molar-refractivity contribution is 6.00. The fourth-order valence-corrected chi connectivity index (χ4v) is 2.15. The molecule has 1 aliphatic heterocycles. The molecule has 1 unspecified atom stereocenters. The van der Waals surface area contributed by atoms with Crippen LogP contribution in [0, 0.1) is 0 Å². The molecule has 4 nitrogen and oxygen atoms in total. The van der Waals surface area contributed by atoms with E-state index in [1.807, 2.05) is 18.2 Å². The zero-order valence-electron chi connectivity index (χ0n) is 9.89. The first-order valence-electron chi connectivity index (χ1n) is 5.82. The lowest BCUT2D eigenvalue weighted by Gasteiger charge is -2.13. The molecule has 1 amide bonds. The van der Waals surface area contributed by atoms with Gasteiger partial charge in [0.25, 0.3) is 0 Å². The molecule has 0 bridgehead atoms. The maximum Gasteiger partial charge on any atom is 0.231 e. The van der Waals surface area contributed by atoms with E-state index >= 15 is 0 Å². The molecule has 1 heterocycles. The molecule has 2 N–H and O–H groups in total. The van der Waals surface area contributed by atoms with Crippen LogP contribution in [0.2, 0.25) is 0 Å². The Morgan fingerprint density at radius 2 is 2.24 bits per heavy atom. The highest BCUT2D eigenvalue weighted by Crippen LogP contribution is 2.31. The first-order chi connectivity index (χ1) is 8.13. The number of aliphatic hydroxyl groups is 2. The normalized spacial score (nSPS) is 16.2. The van der Waals surface area contributed by atoms with Gasteiger partial charge < -0.3 is 15.1 Å². The van der Waals surface area contributed by atoms with Gasteiger partial charge in [-0.3, -0.25) is 4.79 Å². The molecule has 17 heavy (non-hydrogen) atoms. The number of carbonyl (C=O) groups is 1. The molecular formula is C13H17NO3. The number of hydrogen-bond donors (Lipinski definition) is 2. The summed E-state index contributed by atoms with van der Waals surface area (Å²) >= 11 is 0. The van der Waals surface area contributed by atoms with Crippen LogP contribution in [0.15, 0.2) is 18.2 Å². The van der Waals surface area contributed by atoms with Crippen molar-refractivity contribution >= 4 is 11.6 Å². The number of aliphatic hydroxyl groups excluding tert-OH is 2. The van der Waals surface area contributed by atoms with E-state index in [4.69, 9.17) is 5.11 Å². The maximum absolute atomic E-state index is 11.5. The second kappa shape index (κ2) is 4.85. The molecule has 0 radical (unpaired) electrons. The predicted octanol–water partition coefficient (Wildman–Crippen LogP) is 1.01. The minimum atomic E-state index is -0.562. The van der Waals surface area contributed by atoms with Gasteiger partial charge >= 0.3 is 0 Å². The Morgan fingerprint density at radius 1 is 1.47 bits per heavy atom. The second-order valence-corrected chi connectivity index (χ2v) is 4.40. The first-order valence-corrected chi connectivity index (χ1v) is 5.82. The smallest absolute Gasteiger partial charge is 0.231 e. The number of benzene rings is 1. The number of carbonyl (C=O) groups excluding carboxylic acids is 1. The predicted molar refractivity (Wildman–Crippen MR) is 64.8 cm³/mol. The fourth-order valence-electron chi connectivity index (χ4n) is 2.15. The van der Waals surface area contributed by atoms with E-state index in [0.717, 1.165) is 16.8 Å². The van der Waals surface area contributed by atoms with Crippen molar-refractivity contribution < 1.29 is 15.0 Å². The van der Waals surface area contributed by atoms with Crippen LogP contribution in [-0.2, 0) is 11.2 Å². The summed E-state index contributed by atoms with van der Waals surface area (Å²) in [4.78, 5) is 13.2. The van der Waals surface area contributed by atoms with E-state index in [1.165, 1.54) is 0 Å². The summed E-state index contributed by atoms with van der Waals surface area (Å²) in [6, 6.07) is 5.60. The molecule has 0 aliphatic carbocycles. The van der Waals surface area contributed by atoms with Gasteiger partial charge in [0.15, 0.2) is 0 Å². The molecule has 0 spiro atoms. The SMILES string of the molecule is CN1C(=O)Cc2cc(C(O)CCCO)ccc21. The number of hydrogen-bond acceptors (Lipinski definition) is 3. The molecular weight excluding hydrogens is 218 g/mol. The molecule has 1 aromatic carbocycles. The number of rotatable bonds is 4. The van der Waals surface area contributed by atoms with Crippen molar-refractivity contribution in [1.82, 2.24) is 0 Å². The van der Waals surface area contributed by atoms with Crippen molar-refractivity contribution in [3.63, 3.8) is 0 Å². The van der Waals surface area contributed by atoms with E-state index < -0.39 is 6.10 Å². The molecule has 1 aromatic rings. The van der Waals surface area contributed by atoms with Crippen LogP contribution in [0.1, 0.15) is 30.1 Å². The Kier molecular flexibility index (Phi) is 3.45. The monoisotopic (exact) mass is 235 g/mol. The van der Waals surface area contributed by atoms with Gasteiger partial charge in [-0.2, -0.15) is 0 Å². The number of fused-ring (bicyclic) bond motifs is 1. The summed E-state index contributed by atoms with van der Waals surface area (Å²) in [5.41, 5.74) is 2.71. The number of nitrogens with zero attached hydrogens (tertiary/aromatic N) is 1. The van der Waals surface area contributed by atoms with Crippen molar-refractivity contribution in [3.05, 3.63) is 29.3 Å². The Balaban J connectivity index is 2.18. The number of amides is 1. The minimum Gasteiger partial charge on any atom is -0.396 e. The molecule has 0 fully saturated rings. The molecule has 0 aromatic heterocycles. The highest BCUT2D eigenvalue weighted by atomic mass is 16.3. The molecule has 0 saturated heterocycles. The molecule has 2 rings (SSSR count). The van der Waals surface area contributed by atoms with Gasteiger partial charge in [-0.05, 0) is 30.0 Å². The maximum atomic E-state index is 11.5. The Labute approximate surface area is 100 Å². The zero-order valence-corrected chi connectivity index (χ0v) is 9.89. The van der Waals surface area contributed by atoms with Crippen molar-refractivity contribution in [2.45, 2.75) is 25.4 Å². The van der Waals surface area contributed by atoms with E-state index in [0.29, 0.717) is 19.3 Å². The van der Waals surface area contributed by atoms with E-state index in [-0.39, 0.29) is 12.5 Å². The topological polar surface area (TPSA) is 60.8 Å². The second-order valence-electron chi connectivity index (χ2n) is 4.40. The lowest BCUT2D eigenvalue weighted by Crippen LogP contribution is -2.20. The van der Waals surface area contributed by atoms with Gasteiger partial charge in [-0.25, -0.2) is 0 Å². The van der Waals surface area contributed by atoms with Crippen molar-refractivity contribution in [3.8, 4) is 0 Å². The van der Waals surface area contributed by atoms with Gasteiger partial charge in [0, 0.05) is 19.3 Å². The molecule has 4 heteroatoms. The number of anilines is 1.